The van der Waals surface area contributed by atoms with Crippen LogP contribution in [0.2, 0.25) is 0 Å². The van der Waals surface area contributed by atoms with Gasteiger partial charge in [0, 0.05) is 6.54 Å². The first-order valence-electron chi connectivity index (χ1n) is 5.59. The molecule has 19 heavy (non-hydrogen) atoms. The van der Waals surface area contributed by atoms with Crippen molar-refractivity contribution in [2.75, 3.05) is 19.8 Å². The standard InChI is InChI=1S/C12H18N2O5/c1-4-6-13-12(17)14-10(15)8-19-11(16)9(3)18-7-5-2/h4-5,9H,1-2,6-8H2,3H3,(H2,13,14,15,17). The fourth-order valence-electron chi connectivity index (χ4n) is 0.906. The van der Waals surface area contributed by atoms with Crippen LogP contribution in [-0.4, -0.2) is 43.8 Å². The Morgan fingerprint density at radius 3 is 2.53 bits per heavy atom. The van der Waals surface area contributed by atoms with E-state index < -0.39 is 30.6 Å². The molecule has 0 saturated carbocycles. The van der Waals surface area contributed by atoms with Crippen molar-refractivity contribution in [3.8, 4) is 0 Å². The SMILES string of the molecule is C=CCNC(=O)NC(=O)COC(=O)C(C)OCC=C. The molecule has 0 rings (SSSR count). The summed E-state index contributed by atoms with van der Waals surface area (Å²) >= 11 is 0. The highest BCUT2D eigenvalue weighted by Gasteiger charge is 2.16. The van der Waals surface area contributed by atoms with Crippen molar-refractivity contribution in [3.05, 3.63) is 25.3 Å². The van der Waals surface area contributed by atoms with E-state index in [4.69, 9.17) is 4.74 Å². The van der Waals surface area contributed by atoms with Gasteiger partial charge in [-0.2, -0.15) is 0 Å². The highest BCUT2D eigenvalue weighted by molar-refractivity contribution is 5.95. The van der Waals surface area contributed by atoms with Gasteiger partial charge < -0.3 is 14.8 Å². The summed E-state index contributed by atoms with van der Waals surface area (Å²) in [5, 5.41) is 4.32. The van der Waals surface area contributed by atoms with Crippen molar-refractivity contribution in [3.63, 3.8) is 0 Å². The fourth-order valence-corrected chi connectivity index (χ4v) is 0.906. The topological polar surface area (TPSA) is 93.7 Å². The van der Waals surface area contributed by atoms with Crippen molar-refractivity contribution >= 4 is 17.9 Å². The monoisotopic (exact) mass is 270 g/mol. The van der Waals surface area contributed by atoms with Crippen molar-refractivity contribution in [2.24, 2.45) is 0 Å². The maximum Gasteiger partial charge on any atom is 0.335 e. The van der Waals surface area contributed by atoms with Gasteiger partial charge in [-0.25, -0.2) is 9.59 Å². The Bertz CT molecular complexity index is 354. The summed E-state index contributed by atoms with van der Waals surface area (Å²) in [5.41, 5.74) is 0. The zero-order chi connectivity index (χ0) is 14.7. The van der Waals surface area contributed by atoms with Crippen molar-refractivity contribution in [2.45, 2.75) is 13.0 Å². The lowest BCUT2D eigenvalue weighted by atomic mass is 10.4. The van der Waals surface area contributed by atoms with Gasteiger partial charge in [0.2, 0.25) is 0 Å². The van der Waals surface area contributed by atoms with Crippen LogP contribution < -0.4 is 10.6 Å². The average molecular weight is 270 g/mol. The van der Waals surface area contributed by atoms with Crippen molar-refractivity contribution < 1.29 is 23.9 Å². The van der Waals surface area contributed by atoms with Crippen LogP contribution in [0.4, 0.5) is 4.79 Å². The summed E-state index contributed by atoms with van der Waals surface area (Å²) in [4.78, 5) is 33.6. The van der Waals surface area contributed by atoms with E-state index in [0.29, 0.717) is 0 Å². The molecule has 0 aliphatic rings. The van der Waals surface area contributed by atoms with Gasteiger partial charge in [0.15, 0.2) is 12.7 Å². The van der Waals surface area contributed by atoms with E-state index in [2.05, 4.69) is 23.2 Å². The van der Waals surface area contributed by atoms with Crippen LogP contribution in [0.15, 0.2) is 25.3 Å². The molecular weight excluding hydrogens is 252 g/mol. The van der Waals surface area contributed by atoms with E-state index in [0.717, 1.165) is 0 Å². The molecule has 7 nitrogen and oxygen atoms in total. The lowest BCUT2D eigenvalue weighted by Gasteiger charge is -2.11. The van der Waals surface area contributed by atoms with E-state index in [1.54, 1.807) is 0 Å². The predicted molar refractivity (Wildman–Crippen MR) is 68.3 cm³/mol. The number of imide groups is 1. The molecule has 3 amide bonds. The zero-order valence-electron chi connectivity index (χ0n) is 10.8. The van der Waals surface area contributed by atoms with Crippen LogP contribution in [0.1, 0.15) is 6.92 Å². The lowest BCUT2D eigenvalue weighted by molar-refractivity contribution is -0.158. The number of rotatable bonds is 8. The highest BCUT2D eigenvalue weighted by Crippen LogP contribution is 1.94. The van der Waals surface area contributed by atoms with E-state index in [9.17, 15) is 14.4 Å². The van der Waals surface area contributed by atoms with Gasteiger partial charge in [0.05, 0.1) is 6.61 Å². The second-order valence-corrected chi connectivity index (χ2v) is 3.42. The second-order valence-electron chi connectivity index (χ2n) is 3.42. The molecule has 7 heteroatoms. The van der Waals surface area contributed by atoms with Crippen molar-refractivity contribution in [1.82, 2.24) is 10.6 Å². The first kappa shape index (κ1) is 16.9. The molecule has 0 saturated heterocycles. The summed E-state index contributed by atoms with van der Waals surface area (Å²) in [6, 6.07) is -0.683. The molecular formula is C12H18N2O5. The second kappa shape index (κ2) is 9.84. The molecule has 1 atom stereocenters. The highest BCUT2D eigenvalue weighted by atomic mass is 16.6. The van der Waals surface area contributed by atoms with Gasteiger partial charge in [0.25, 0.3) is 5.91 Å². The maximum absolute atomic E-state index is 11.3. The number of urea groups is 1. The summed E-state index contributed by atoms with van der Waals surface area (Å²) in [6.45, 7) is 8.19. The number of nitrogens with one attached hydrogen (secondary N) is 2. The number of carbonyl (C=O) groups excluding carboxylic acids is 3. The van der Waals surface area contributed by atoms with Crippen LogP contribution in [-0.2, 0) is 19.1 Å². The van der Waals surface area contributed by atoms with Crippen LogP contribution >= 0.6 is 0 Å². The number of carbonyl (C=O) groups is 3. The van der Waals surface area contributed by atoms with Crippen LogP contribution in [0.5, 0.6) is 0 Å². The van der Waals surface area contributed by atoms with Gasteiger partial charge in [-0.15, -0.1) is 13.2 Å². The van der Waals surface area contributed by atoms with Gasteiger partial charge in [-0.05, 0) is 6.92 Å². The minimum absolute atomic E-state index is 0.201. The molecule has 0 aromatic heterocycles. The Labute approximate surface area is 111 Å². The number of ether oxygens (including phenoxy) is 2. The zero-order valence-corrected chi connectivity index (χ0v) is 10.8. The maximum atomic E-state index is 11.3. The molecule has 0 bridgehead atoms. The molecule has 0 fully saturated rings. The van der Waals surface area contributed by atoms with Gasteiger partial charge in [-0.3, -0.25) is 10.1 Å². The Kier molecular flexibility index (Phi) is 8.72. The molecule has 0 heterocycles. The smallest absolute Gasteiger partial charge is 0.335 e. The van der Waals surface area contributed by atoms with Gasteiger partial charge >= 0.3 is 12.0 Å². The minimum Gasteiger partial charge on any atom is -0.454 e. The summed E-state index contributed by atoms with van der Waals surface area (Å²) in [7, 11) is 0. The third kappa shape index (κ3) is 8.56. The molecule has 0 aromatic rings. The molecule has 2 N–H and O–H groups in total. The summed E-state index contributed by atoms with van der Waals surface area (Å²) in [5.74, 6) is -1.42. The summed E-state index contributed by atoms with van der Waals surface area (Å²) in [6.07, 6.45) is 2.14. The first-order valence-corrected chi connectivity index (χ1v) is 5.59. The number of hydrogen-bond acceptors (Lipinski definition) is 5. The Morgan fingerprint density at radius 1 is 1.26 bits per heavy atom. The number of hydrogen-bond donors (Lipinski definition) is 2. The van der Waals surface area contributed by atoms with Crippen LogP contribution in [0.25, 0.3) is 0 Å². The Hall–Kier alpha value is -2.15. The Balaban J connectivity index is 3.88. The first-order chi connectivity index (χ1) is 9.01. The van der Waals surface area contributed by atoms with Crippen molar-refractivity contribution in [1.29, 1.82) is 0 Å². The van der Waals surface area contributed by atoms with E-state index in [1.807, 2.05) is 5.32 Å². The molecule has 0 aliphatic carbocycles. The normalized spacial score (nSPS) is 11.0. The van der Waals surface area contributed by atoms with E-state index >= 15 is 0 Å². The molecule has 106 valence electrons. The molecule has 0 aromatic carbocycles. The molecule has 0 aliphatic heterocycles. The summed E-state index contributed by atoms with van der Waals surface area (Å²) < 4.78 is 9.66. The van der Waals surface area contributed by atoms with E-state index in [-0.39, 0.29) is 13.2 Å². The molecule has 0 spiro atoms. The van der Waals surface area contributed by atoms with Gasteiger partial charge in [0.1, 0.15) is 0 Å². The van der Waals surface area contributed by atoms with Gasteiger partial charge in [-0.1, -0.05) is 12.2 Å². The van der Waals surface area contributed by atoms with Crippen LogP contribution in [0.3, 0.4) is 0 Å². The minimum atomic E-state index is -0.805. The molecule has 0 radical (unpaired) electrons. The van der Waals surface area contributed by atoms with Crippen LogP contribution in [0, 0.1) is 0 Å². The fraction of sp³-hybridized carbons (Fsp3) is 0.417. The largest absolute Gasteiger partial charge is 0.454 e. The average Bonchev–Trinajstić information content (AvgIpc) is 2.39. The number of esters is 1. The third-order valence-electron chi connectivity index (χ3n) is 1.80. The quantitative estimate of drug-likeness (QED) is 0.483. The predicted octanol–water partition coefficient (Wildman–Crippen LogP) is 0.132. The van der Waals surface area contributed by atoms with E-state index in [1.165, 1.54) is 19.1 Å². The number of amides is 3. The molecule has 1 unspecified atom stereocenters. The Morgan fingerprint density at radius 2 is 1.95 bits per heavy atom. The third-order valence-corrected chi connectivity index (χ3v) is 1.80. The lowest BCUT2D eigenvalue weighted by Crippen LogP contribution is -2.41.